The van der Waals surface area contributed by atoms with Crippen molar-refractivity contribution in [3.63, 3.8) is 0 Å². The lowest BCUT2D eigenvalue weighted by Gasteiger charge is -2.19. The number of nitrogens with one attached hydrogen (secondary N) is 1. The highest BCUT2D eigenvalue weighted by Crippen LogP contribution is 2.20. The van der Waals surface area contributed by atoms with Crippen LogP contribution in [0.3, 0.4) is 0 Å². The topological polar surface area (TPSA) is 78.8 Å². The Morgan fingerprint density at radius 1 is 1.56 bits per heavy atom. The monoisotopic (exact) mass is 257 g/mol. The smallest absolute Gasteiger partial charge is 0.340 e. The molecule has 3 N–H and O–H groups in total. The van der Waals surface area contributed by atoms with Crippen LogP contribution in [0.1, 0.15) is 16.8 Å². The molecule has 100 valence electrons. The van der Waals surface area contributed by atoms with Gasteiger partial charge in [0.2, 0.25) is 0 Å². The first kappa shape index (κ1) is 14.4. The largest absolute Gasteiger partial charge is 0.478 e. The van der Waals surface area contributed by atoms with Crippen LogP contribution in [-0.4, -0.2) is 42.5 Å². The number of aromatic carboxylic acids is 1. The third-order valence-electron chi connectivity index (χ3n) is 2.43. The number of anilines is 1. The van der Waals surface area contributed by atoms with E-state index in [4.69, 9.17) is 14.9 Å². The molecular weight excluding hydrogens is 241 g/mol. The molecule has 1 rings (SSSR count). The molecule has 0 amide bonds. The molecule has 1 unspecified atom stereocenters. The molecule has 1 aromatic rings. The zero-order chi connectivity index (χ0) is 13.5. The van der Waals surface area contributed by atoms with Gasteiger partial charge in [-0.25, -0.2) is 9.18 Å². The van der Waals surface area contributed by atoms with Gasteiger partial charge < -0.3 is 20.3 Å². The maximum Gasteiger partial charge on any atom is 0.340 e. The van der Waals surface area contributed by atoms with E-state index < -0.39 is 17.3 Å². The van der Waals surface area contributed by atoms with E-state index in [1.807, 2.05) is 0 Å². The van der Waals surface area contributed by atoms with Crippen LogP contribution in [0.2, 0.25) is 0 Å². The Balaban J connectivity index is 2.94. The molecule has 0 bridgehead atoms. The number of halogens is 1. The van der Waals surface area contributed by atoms with Gasteiger partial charge in [0.15, 0.2) is 0 Å². The van der Waals surface area contributed by atoms with Crippen LogP contribution < -0.4 is 5.32 Å². The van der Waals surface area contributed by atoms with E-state index in [0.29, 0.717) is 6.42 Å². The highest BCUT2D eigenvalue weighted by atomic mass is 19.1. The van der Waals surface area contributed by atoms with Crippen molar-refractivity contribution in [2.45, 2.75) is 12.5 Å². The van der Waals surface area contributed by atoms with Crippen molar-refractivity contribution < 1.29 is 24.1 Å². The van der Waals surface area contributed by atoms with E-state index in [2.05, 4.69) is 5.32 Å². The summed E-state index contributed by atoms with van der Waals surface area (Å²) in [6.07, 6.45) is 0.378. The van der Waals surface area contributed by atoms with Gasteiger partial charge in [0.25, 0.3) is 0 Å². The van der Waals surface area contributed by atoms with Crippen LogP contribution in [0.5, 0.6) is 0 Å². The van der Waals surface area contributed by atoms with E-state index >= 15 is 0 Å². The fraction of sp³-hybridized carbons (Fsp3) is 0.417. The molecule has 18 heavy (non-hydrogen) atoms. The third-order valence-corrected chi connectivity index (χ3v) is 2.43. The highest BCUT2D eigenvalue weighted by molar-refractivity contribution is 5.94. The van der Waals surface area contributed by atoms with Crippen LogP contribution in [-0.2, 0) is 4.74 Å². The maximum absolute atomic E-state index is 13.4. The van der Waals surface area contributed by atoms with Crippen LogP contribution in [0.25, 0.3) is 0 Å². The summed E-state index contributed by atoms with van der Waals surface area (Å²) in [5, 5.41) is 20.7. The molecule has 0 aliphatic rings. The van der Waals surface area contributed by atoms with E-state index in [-0.39, 0.29) is 24.9 Å². The summed E-state index contributed by atoms with van der Waals surface area (Å²) in [5.74, 6) is -2.14. The molecule has 5 nitrogen and oxygen atoms in total. The summed E-state index contributed by atoms with van der Waals surface area (Å²) in [4.78, 5) is 11.0. The number of hydrogen-bond donors (Lipinski definition) is 3. The summed E-state index contributed by atoms with van der Waals surface area (Å²) < 4.78 is 18.4. The molecule has 0 spiro atoms. The fourth-order valence-corrected chi connectivity index (χ4v) is 1.64. The lowest BCUT2D eigenvalue weighted by molar-refractivity contribution is 0.0693. The molecule has 0 aliphatic heterocycles. The highest BCUT2D eigenvalue weighted by Gasteiger charge is 2.18. The molecule has 0 heterocycles. The number of aliphatic hydroxyl groups excluding tert-OH is 1. The quantitative estimate of drug-likeness (QED) is 0.687. The van der Waals surface area contributed by atoms with Crippen molar-refractivity contribution in [2.75, 3.05) is 25.6 Å². The van der Waals surface area contributed by atoms with Crippen molar-refractivity contribution in [1.29, 1.82) is 0 Å². The number of carbonyl (C=O) groups is 1. The molecule has 0 radical (unpaired) electrons. The standard InChI is InChI=1S/C12H16FNO4/c1-18-7-8(5-6-15)14-10-4-2-3-9(13)11(10)12(16)17/h2-4,8,14-15H,5-7H2,1H3,(H,16,17). The van der Waals surface area contributed by atoms with Crippen molar-refractivity contribution >= 4 is 11.7 Å². The Kier molecular flexibility index (Phi) is 5.54. The number of rotatable bonds is 7. The number of aliphatic hydroxyl groups is 1. The van der Waals surface area contributed by atoms with Crippen molar-refractivity contribution in [1.82, 2.24) is 0 Å². The normalized spacial score (nSPS) is 12.2. The van der Waals surface area contributed by atoms with Crippen molar-refractivity contribution in [3.8, 4) is 0 Å². The molecule has 0 fully saturated rings. The number of hydrogen-bond acceptors (Lipinski definition) is 4. The Morgan fingerprint density at radius 2 is 2.28 bits per heavy atom. The second kappa shape index (κ2) is 6.93. The van der Waals surface area contributed by atoms with E-state index in [1.54, 1.807) is 0 Å². The van der Waals surface area contributed by atoms with Gasteiger partial charge in [0.1, 0.15) is 11.4 Å². The van der Waals surface area contributed by atoms with Crippen LogP contribution in [0, 0.1) is 5.82 Å². The van der Waals surface area contributed by atoms with Gasteiger partial charge in [-0.3, -0.25) is 0 Å². The molecular formula is C12H16FNO4. The molecule has 1 aromatic carbocycles. The first-order valence-corrected chi connectivity index (χ1v) is 5.48. The first-order chi connectivity index (χ1) is 8.60. The van der Waals surface area contributed by atoms with Gasteiger partial charge in [-0.2, -0.15) is 0 Å². The Morgan fingerprint density at radius 3 is 2.83 bits per heavy atom. The minimum Gasteiger partial charge on any atom is -0.478 e. The molecule has 0 aromatic heterocycles. The molecule has 1 atom stereocenters. The lowest BCUT2D eigenvalue weighted by atomic mass is 10.1. The lowest BCUT2D eigenvalue weighted by Crippen LogP contribution is -2.27. The summed E-state index contributed by atoms with van der Waals surface area (Å²) >= 11 is 0. The summed E-state index contributed by atoms with van der Waals surface area (Å²) in [5.41, 5.74) is -0.227. The second-order valence-corrected chi connectivity index (χ2v) is 3.78. The zero-order valence-electron chi connectivity index (χ0n) is 10.0. The second-order valence-electron chi connectivity index (χ2n) is 3.78. The van der Waals surface area contributed by atoms with Crippen molar-refractivity contribution in [3.05, 3.63) is 29.6 Å². The average Bonchev–Trinajstić information content (AvgIpc) is 2.29. The number of carboxylic acid groups (broad SMARTS) is 1. The van der Waals surface area contributed by atoms with Gasteiger partial charge in [-0.1, -0.05) is 6.07 Å². The van der Waals surface area contributed by atoms with Crippen LogP contribution >= 0.6 is 0 Å². The fourth-order valence-electron chi connectivity index (χ4n) is 1.64. The summed E-state index contributed by atoms with van der Waals surface area (Å²) in [6.45, 7) is 0.217. The van der Waals surface area contributed by atoms with Gasteiger partial charge >= 0.3 is 5.97 Å². The van der Waals surface area contributed by atoms with E-state index in [1.165, 1.54) is 19.2 Å². The zero-order valence-corrected chi connectivity index (χ0v) is 10.0. The number of benzene rings is 1. The predicted molar refractivity (Wildman–Crippen MR) is 64.3 cm³/mol. The number of methoxy groups -OCH3 is 1. The third kappa shape index (κ3) is 3.68. The molecule has 0 aliphatic carbocycles. The molecule has 0 saturated heterocycles. The van der Waals surface area contributed by atoms with E-state index in [0.717, 1.165) is 6.07 Å². The minimum atomic E-state index is -1.34. The van der Waals surface area contributed by atoms with Gasteiger partial charge in [0.05, 0.1) is 18.3 Å². The Hall–Kier alpha value is -1.66. The van der Waals surface area contributed by atoms with Gasteiger partial charge in [-0.05, 0) is 18.6 Å². The maximum atomic E-state index is 13.4. The number of ether oxygens (including phenoxy) is 1. The number of carboxylic acids is 1. The first-order valence-electron chi connectivity index (χ1n) is 5.48. The van der Waals surface area contributed by atoms with Crippen molar-refractivity contribution in [2.24, 2.45) is 0 Å². The SMILES string of the molecule is COCC(CCO)Nc1cccc(F)c1C(=O)O. The minimum absolute atomic E-state index is 0.0707. The molecule has 0 saturated carbocycles. The Bertz CT molecular complexity index is 405. The van der Waals surface area contributed by atoms with Crippen LogP contribution in [0.4, 0.5) is 10.1 Å². The summed E-state index contributed by atoms with van der Waals surface area (Å²) in [6, 6.07) is 3.71. The Labute approximate surface area is 104 Å². The molecule has 6 heteroatoms. The average molecular weight is 257 g/mol. The van der Waals surface area contributed by atoms with Gasteiger partial charge in [-0.15, -0.1) is 0 Å². The van der Waals surface area contributed by atoms with Gasteiger partial charge in [0, 0.05) is 13.7 Å². The van der Waals surface area contributed by atoms with E-state index in [9.17, 15) is 9.18 Å². The predicted octanol–water partition coefficient (Wildman–Crippen LogP) is 1.33. The van der Waals surface area contributed by atoms with Crippen LogP contribution in [0.15, 0.2) is 18.2 Å². The summed E-state index contributed by atoms with van der Waals surface area (Å²) in [7, 11) is 1.50.